The molecule has 1 aliphatic rings. The van der Waals surface area contributed by atoms with Crippen LogP contribution in [0.15, 0.2) is 23.5 Å². The molecule has 1 fully saturated rings. The molecule has 4 unspecified atom stereocenters. The summed E-state index contributed by atoms with van der Waals surface area (Å²) >= 11 is 0. The maximum atomic E-state index is 12.0. The summed E-state index contributed by atoms with van der Waals surface area (Å²) < 4.78 is 33.2. The first-order valence-electron chi connectivity index (χ1n) is 12.3. The van der Waals surface area contributed by atoms with Crippen molar-refractivity contribution in [3.63, 3.8) is 0 Å². The van der Waals surface area contributed by atoms with Gasteiger partial charge < -0.3 is 33.5 Å². The second-order valence-electron chi connectivity index (χ2n) is 9.14. The van der Waals surface area contributed by atoms with Gasteiger partial charge in [-0.25, -0.2) is 0 Å². The van der Waals surface area contributed by atoms with Crippen LogP contribution >= 0.6 is 0 Å². The van der Waals surface area contributed by atoms with Crippen LogP contribution < -0.4 is 0 Å². The molecule has 220 valence electrons. The molecule has 14 nitrogen and oxygen atoms in total. The van der Waals surface area contributed by atoms with Crippen molar-refractivity contribution < 1.29 is 57.6 Å². The first-order chi connectivity index (χ1) is 18.2. The van der Waals surface area contributed by atoms with Crippen LogP contribution in [0.1, 0.15) is 54.4 Å². The fraction of sp³-hybridized carbons (Fsp3) is 0.680. The molecule has 14 heteroatoms. The topological polar surface area (TPSA) is 187 Å². The third kappa shape index (κ3) is 12.7. The van der Waals surface area contributed by atoms with Crippen LogP contribution in [0.5, 0.6) is 0 Å². The van der Waals surface area contributed by atoms with Gasteiger partial charge in [-0.2, -0.15) is 0 Å². The molecule has 39 heavy (non-hydrogen) atoms. The predicted molar refractivity (Wildman–Crippen MR) is 132 cm³/mol. The lowest BCUT2D eigenvalue weighted by Gasteiger charge is -2.44. The summed E-state index contributed by atoms with van der Waals surface area (Å²) in [5.41, 5.74) is 0.579. The smallest absolute Gasteiger partial charge is 0.303 e. The lowest BCUT2D eigenvalue weighted by molar-refractivity contribution is -0.481. The summed E-state index contributed by atoms with van der Waals surface area (Å²) in [5, 5.41) is 20.2. The van der Waals surface area contributed by atoms with Crippen LogP contribution in [0, 0.1) is 16.0 Å². The van der Waals surface area contributed by atoms with Gasteiger partial charge in [0, 0.05) is 45.5 Å². The average Bonchev–Trinajstić information content (AvgIpc) is 2.82. The first kappa shape index (κ1) is 33.5. The van der Waals surface area contributed by atoms with Gasteiger partial charge in [-0.05, 0) is 24.5 Å². The number of hydrogen-bond acceptors (Lipinski definition) is 13. The summed E-state index contributed by atoms with van der Waals surface area (Å²) in [5.74, 6) is -2.97. The second-order valence-corrected chi connectivity index (χ2v) is 9.14. The Morgan fingerprint density at radius 2 is 1.46 bits per heavy atom. The van der Waals surface area contributed by atoms with Gasteiger partial charge in [-0.15, -0.1) is 0 Å². The van der Waals surface area contributed by atoms with E-state index in [0.29, 0.717) is 5.57 Å². The second kappa shape index (κ2) is 16.4. The molecule has 0 radical (unpaired) electrons. The molecule has 0 amide bonds. The number of allylic oxidation sites excluding steroid dienone is 3. The largest absolute Gasteiger partial charge is 0.465 e. The van der Waals surface area contributed by atoms with Crippen LogP contribution in [0.25, 0.3) is 0 Å². The summed E-state index contributed by atoms with van der Waals surface area (Å²) in [6.45, 7) is 7.00. The van der Waals surface area contributed by atoms with Gasteiger partial charge in [0.2, 0.25) is 18.9 Å². The molecular weight excluding hydrogens is 522 g/mol. The number of nitrogens with zero attached hydrogens (tertiary/aromatic N) is 1. The van der Waals surface area contributed by atoms with Gasteiger partial charge in [0.15, 0.2) is 12.2 Å². The first-order valence-corrected chi connectivity index (χ1v) is 12.3. The Kier molecular flexibility index (Phi) is 14.1. The molecule has 0 spiro atoms. The molecule has 1 N–H and O–H groups in total. The van der Waals surface area contributed by atoms with E-state index in [0.717, 1.165) is 27.7 Å². The Morgan fingerprint density at radius 1 is 0.897 bits per heavy atom. The van der Waals surface area contributed by atoms with E-state index in [1.807, 2.05) is 0 Å². The Labute approximate surface area is 226 Å². The summed E-state index contributed by atoms with van der Waals surface area (Å²) in [6, 6.07) is 0. The number of aliphatic hydroxyl groups excluding tert-OH is 1. The van der Waals surface area contributed by atoms with E-state index < -0.39 is 66.1 Å². The number of ether oxygens (including phenoxy) is 6. The van der Waals surface area contributed by atoms with Crippen LogP contribution in [0.4, 0.5) is 0 Å². The third-order valence-electron chi connectivity index (χ3n) is 5.37. The number of aliphatic hydroxyl groups is 1. The minimum atomic E-state index is -1.44. The zero-order valence-electron chi connectivity index (χ0n) is 22.9. The van der Waals surface area contributed by atoms with Crippen molar-refractivity contribution in [2.75, 3.05) is 19.8 Å². The number of nitro groups is 1. The number of hydrogen-bond donors (Lipinski definition) is 1. The third-order valence-corrected chi connectivity index (χ3v) is 5.37. The summed E-state index contributed by atoms with van der Waals surface area (Å²) in [7, 11) is 0. The van der Waals surface area contributed by atoms with Gasteiger partial charge in [0.25, 0.3) is 0 Å². The van der Waals surface area contributed by atoms with E-state index in [2.05, 4.69) is 0 Å². The van der Waals surface area contributed by atoms with E-state index in [1.165, 1.54) is 6.08 Å². The Bertz CT molecular complexity index is 944. The minimum absolute atomic E-state index is 0.190. The zero-order chi connectivity index (χ0) is 29.7. The van der Waals surface area contributed by atoms with E-state index in [1.54, 1.807) is 19.9 Å². The normalized spacial score (nSPS) is 24.2. The average molecular weight is 560 g/mol. The van der Waals surface area contributed by atoms with Gasteiger partial charge >= 0.3 is 23.9 Å². The molecule has 1 saturated heterocycles. The van der Waals surface area contributed by atoms with E-state index in [-0.39, 0.29) is 37.7 Å². The van der Waals surface area contributed by atoms with Crippen LogP contribution in [0.3, 0.4) is 0 Å². The fourth-order valence-electron chi connectivity index (χ4n) is 3.65. The SMILES string of the molecule is CC(=O)OCC1O[C@@H](O/C(=C/C=C(\C)CO)CC(C)CC[N+](=O)[O-])C(OC(C)=O)C(OC(C)=O)[C@H]1OC(C)=O. The minimum Gasteiger partial charge on any atom is -0.465 e. The van der Waals surface area contributed by atoms with Crippen molar-refractivity contribution >= 4 is 23.9 Å². The molecule has 0 saturated carbocycles. The van der Waals surface area contributed by atoms with Crippen LogP contribution in [-0.2, 0) is 47.6 Å². The highest BCUT2D eigenvalue weighted by Crippen LogP contribution is 2.32. The molecule has 1 heterocycles. The maximum Gasteiger partial charge on any atom is 0.303 e. The fourth-order valence-corrected chi connectivity index (χ4v) is 3.65. The molecule has 0 aliphatic carbocycles. The molecule has 6 atom stereocenters. The lowest BCUT2D eigenvalue weighted by Crippen LogP contribution is -2.62. The Hall–Kier alpha value is -3.52. The van der Waals surface area contributed by atoms with E-state index >= 15 is 0 Å². The van der Waals surface area contributed by atoms with Gasteiger partial charge in [0.05, 0.1) is 6.61 Å². The van der Waals surface area contributed by atoms with Crippen molar-refractivity contribution in [3.05, 3.63) is 33.6 Å². The highest BCUT2D eigenvalue weighted by molar-refractivity contribution is 5.68. The van der Waals surface area contributed by atoms with Gasteiger partial charge in [0.1, 0.15) is 18.5 Å². The quantitative estimate of drug-likeness (QED) is 0.0808. The van der Waals surface area contributed by atoms with Crippen LogP contribution in [-0.4, -0.2) is 84.4 Å². The standard InChI is InChI=1S/C25H37NO13/c1-14(9-10-26(32)33)11-20(8-7-15(2)12-27)38-25-24(37-19(6)31)23(36-18(5)30)22(35-17(4)29)21(39-25)13-34-16(3)28/h7-8,14,21-25,27H,9-13H2,1-6H3/b15-7+,20-8+/t14?,21?,22-,23?,24?,25+/m0/s1. The molecule has 1 aliphatic heterocycles. The van der Waals surface area contributed by atoms with Crippen molar-refractivity contribution in [2.45, 2.75) is 85.1 Å². The number of carbonyl (C=O) groups is 4. The number of rotatable bonds is 14. The molecule has 0 aromatic carbocycles. The number of esters is 4. The van der Waals surface area contributed by atoms with Crippen LogP contribution in [0.2, 0.25) is 0 Å². The zero-order valence-corrected chi connectivity index (χ0v) is 22.9. The van der Waals surface area contributed by atoms with Crippen molar-refractivity contribution in [1.29, 1.82) is 0 Å². The van der Waals surface area contributed by atoms with Crippen molar-refractivity contribution in [3.8, 4) is 0 Å². The van der Waals surface area contributed by atoms with E-state index in [9.17, 15) is 34.4 Å². The number of carbonyl (C=O) groups excluding carboxylic acids is 4. The Balaban J connectivity index is 3.50. The predicted octanol–water partition coefficient (Wildman–Crippen LogP) is 1.60. The van der Waals surface area contributed by atoms with Crippen molar-refractivity contribution in [1.82, 2.24) is 0 Å². The summed E-state index contributed by atoms with van der Waals surface area (Å²) in [6.07, 6.45) is -3.28. The summed E-state index contributed by atoms with van der Waals surface area (Å²) in [4.78, 5) is 57.8. The molecule has 1 rings (SSSR count). The lowest BCUT2D eigenvalue weighted by atomic mass is 9.97. The highest BCUT2D eigenvalue weighted by atomic mass is 16.7. The monoisotopic (exact) mass is 559 g/mol. The van der Waals surface area contributed by atoms with Gasteiger partial charge in [-0.1, -0.05) is 13.0 Å². The molecule has 0 aromatic rings. The van der Waals surface area contributed by atoms with Gasteiger partial charge in [-0.3, -0.25) is 29.3 Å². The Morgan fingerprint density at radius 3 is 1.97 bits per heavy atom. The molecular formula is C25H37NO13. The van der Waals surface area contributed by atoms with Crippen molar-refractivity contribution in [2.24, 2.45) is 5.92 Å². The van der Waals surface area contributed by atoms with E-state index in [4.69, 9.17) is 28.4 Å². The molecule has 0 aromatic heterocycles. The maximum absolute atomic E-state index is 12.0. The molecule has 0 bridgehead atoms. The highest BCUT2D eigenvalue weighted by Gasteiger charge is 2.53.